The summed E-state index contributed by atoms with van der Waals surface area (Å²) >= 11 is 0. The molecule has 1 aromatic carbocycles. The van der Waals surface area contributed by atoms with Gasteiger partial charge in [-0.05, 0) is 32.0 Å². The summed E-state index contributed by atoms with van der Waals surface area (Å²) < 4.78 is 1.84. The second kappa shape index (κ2) is 10.7. The Kier molecular flexibility index (Phi) is 7.77. The third kappa shape index (κ3) is 6.92. The number of hydrogen-bond donors (Lipinski definition) is 2. The van der Waals surface area contributed by atoms with Crippen molar-refractivity contribution < 1.29 is 14.4 Å². The quantitative estimate of drug-likeness (QED) is 0.661. The number of carbonyl (C=O) groups is 3. The maximum Gasteiger partial charge on any atom is 0.254 e. The van der Waals surface area contributed by atoms with Crippen LogP contribution in [0.2, 0.25) is 0 Å². The summed E-state index contributed by atoms with van der Waals surface area (Å²) in [5.74, 6) is -0.182. The van der Waals surface area contributed by atoms with E-state index in [-0.39, 0.29) is 23.8 Å². The molecule has 0 unspecified atom stereocenters. The Morgan fingerprint density at radius 1 is 1.10 bits per heavy atom. The van der Waals surface area contributed by atoms with Gasteiger partial charge in [-0.2, -0.15) is 0 Å². The fourth-order valence-corrected chi connectivity index (χ4v) is 3.47. The highest BCUT2D eigenvalue weighted by Gasteiger charge is 2.23. The number of nitrogens with zero attached hydrogens (tertiary/aromatic N) is 4. The lowest BCUT2D eigenvalue weighted by molar-refractivity contribution is -0.123. The molecule has 9 nitrogen and oxygen atoms in total. The average Bonchev–Trinajstić information content (AvgIpc) is 3.26. The summed E-state index contributed by atoms with van der Waals surface area (Å²) in [5.41, 5.74) is 1.14. The predicted octanol–water partition coefficient (Wildman–Crippen LogP) is 1.19. The van der Waals surface area contributed by atoms with Gasteiger partial charge in [-0.15, -0.1) is 0 Å². The Morgan fingerprint density at radius 3 is 2.55 bits per heavy atom. The number of amides is 3. The maximum absolute atomic E-state index is 12.9. The molecule has 1 saturated heterocycles. The van der Waals surface area contributed by atoms with E-state index >= 15 is 0 Å². The third-order valence-corrected chi connectivity index (χ3v) is 5.03. The number of nitrogens with one attached hydrogen (secondary N) is 2. The first-order valence-corrected chi connectivity index (χ1v) is 10.6. The average molecular weight is 427 g/mol. The van der Waals surface area contributed by atoms with Crippen LogP contribution in [0.1, 0.15) is 30.6 Å². The minimum Gasteiger partial charge on any atom is -0.353 e. The number of benzene rings is 1. The summed E-state index contributed by atoms with van der Waals surface area (Å²) in [6.45, 7) is 7.20. The zero-order chi connectivity index (χ0) is 22.2. The molecule has 2 heterocycles. The fraction of sp³-hybridized carbons (Fsp3) is 0.455. The Morgan fingerprint density at radius 2 is 1.87 bits per heavy atom. The minimum atomic E-state index is -0.119. The molecule has 2 aromatic rings. The highest BCUT2D eigenvalue weighted by atomic mass is 16.2. The second-order valence-electron chi connectivity index (χ2n) is 7.97. The van der Waals surface area contributed by atoms with Gasteiger partial charge in [0.05, 0.1) is 12.9 Å². The van der Waals surface area contributed by atoms with Gasteiger partial charge in [0.1, 0.15) is 0 Å². The number of aryl methyl sites for hydroxylation is 1. The van der Waals surface area contributed by atoms with Crippen molar-refractivity contribution >= 4 is 23.4 Å². The molecule has 0 atom stereocenters. The van der Waals surface area contributed by atoms with Gasteiger partial charge in [0.15, 0.2) is 0 Å². The highest BCUT2D eigenvalue weighted by Crippen LogP contribution is 2.15. The number of rotatable bonds is 8. The lowest BCUT2D eigenvalue weighted by Gasteiger charge is -2.34. The van der Waals surface area contributed by atoms with Gasteiger partial charge in [0.25, 0.3) is 5.91 Å². The molecule has 0 radical (unpaired) electrons. The first-order valence-electron chi connectivity index (χ1n) is 10.6. The van der Waals surface area contributed by atoms with Crippen LogP contribution in [0.15, 0.2) is 43.0 Å². The molecule has 0 bridgehead atoms. The van der Waals surface area contributed by atoms with Crippen LogP contribution in [0.3, 0.4) is 0 Å². The van der Waals surface area contributed by atoms with Crippen LogP contribution >= 0.6 is 0 Å². The van der Waals surface area contributed by atoms with Gasteiger partial charge in [-0.1, -0.05) is 6.07 Å². The molecule has 9 heteroatoms. The molecule has 0 aliphatic carbocycles. The van der Waals surface area contributed by atoms with Crippen molar-refractivity contribution in [3.63, 3.8) is 0 Å². The Bertz CT molecular complexity index is 888. The largest absolute Gasteiger partial charge is 0.353 e. The van der Waals surface area contributed by atoms with E-state index in [9.17, 15) is 14.4 Å². The number of carbonyl (C=O) groups excluding carboxylic acids is 3. The Balaban J connectivity index is 1.48. The molecule has 1 fully saturated rings. The second-order valence-corrected chi connectivity index (χ2v) is 7.97. The van der Waals surface area contributed by atoms with Crippen molar-refractivity contribution in [3.05, 3.63) is 48.5 Å². The first kappa shape index (κ1) is 22.5. The van der Waals surface area contributed by atoms with E-state index in [0.717, 1.165) is 0 Å². The van der Waals surface area contributed by atoms with Crippen molar-refractivity contribution in [1.82, 2.24) is 24.7 Å². The van der Waals surface area contributed by atoms with Gasteiger partial charge < -0.3 is 20.1 Å². The summed E-state index contributed by atoms with van der Waals surface area (Å²) in [4.78, 5) is 44.8. The lowest BCUT2D eigenvalue weighted by Crippen LogP contribution is -2.51. The molecule has 0 spiro atoms. The van der Waals surface area contributed by atoms with Gasteiger partial charge in [-0.3, -0.25) is 19.3 Å². The zero-order valence-electron chi connectivity index (χ0n) is 18.1. The highest BCUT2D eigenvalue weighted by molar-refractivity contribution is 5.97. The smallest absolute Gasteiger partial charge is 0.254 e. The molecule has 3 amide bonds. The summed E-state index contributed by atoms with van der Waals surface area (Å²) in [6, 6.07) is 7.13. The molecule has 3 rings (SSSR count). The number of aromatic nitrogens is 2. The van der Waals surface area contributed by atoms with Crippen molar-refractivity contribution in [1.29, 1.82) is 0 Å². The van der Waals surface area contributed by atoms with Crippen molar-refractivity contribution in [2.45, 2.75) is 32.9 Å². The molecular weight excluding hydrogens is 396 g/mol. The van der Waals surface area contributed by atoms with Crippen molar-refractivity contribution in [2.75, 3.05) is 38.0 Å². The van der Waals surface area contributed by atoms with Crippen LogP contribution < -0.4 is 10.6 Å². The van der Waals surface area contributed by atoms with Gasteiger partial charge in [0.2, 0.25) is 11.8 Å². The molecule has 1 aliphatic heterocycles. The Hall–Kier alpha value is -3.20. The SMILES string of the molecule is CC(C)NC(=O)CN1CCN(C(=O)c2cccc(NC(=O)CCn3ccnc3)c2)CC1. The van der Waals surface area contributed by atoms with E-state index in [0.29, 0.717) is 56.9 Å². The van der Waals surface area contributed by atoms with Gasteiger partial charge in [0, 0.05) is 68.8 Å². The molecular formula is C22H30N6O3. The molecule has 1 aromatic heterocycles. The molecule has 0 saturated carbocycles. The van der Waals surface area contributed by atoms with Crippen LogP contribution in [0.4, 0.5) is 5.69 Å². The van der Waals surface area contributed by atoms with Crippen LogP contribution in [0, 0.1) is 0 Å². The lowest BCUT2D eigenvalue weighted by atomic mass is 10.1. The monoisotopic (exact) mass is 426 g/mol. The number of piperazine rings is 1. The number of imidazole rings is 1. The topological polar surface area (TPSA) is 99.6 Å². The summed E-state index contributed by atoms with van der Waals surface area (Å²) in [6.07, 6.45) is 5.47. The van der Waals surface area contributed by atoms with Crippen LogP contribution in [-0.2, 0) is 16.1 Å². The van der Waals surface area contributed by atoms with E-state index in [2.05, 4.69) is 20.5 Å². The first-order chi connectivity index (χ1) is 14.9. The van der Waals surface area contributed by atoms with Crippen molar-refractivity contribution in [2.24, 2.45) is 0 Å². The van der Waals surface area contributed by atoms with Gasteiger partial charge >= 0.3 is 0 Å². The maximum atomic E-state index is 12.9. The summed E-state index contributed by atoms with van der Waals surface area (Å²) in [7, 11) is 0. The fourth-order valence-electron chi connectivity index (χ4n) is 3.47. The van der Waals surface area contributed by atoms with Crippen LogP contribution in [-0.4, -0.2) is 75.8 Å². The van der Waals surface area contributed by atoms with Crippen LogP contribution in [0.5, 0.6) is 0 Å². The zero-order valence-corrected chi connectivity index (χ0v) is 18.1. The molecule has 2 N–H and O–H groups in total. The van der Waals surface area contributed by atoms with E-state index in [1.54, 1.807) is 41.7 Å². The number of hydrogen-bond acceptors (Lipinski definition) is 5. The predicted molar refractivity (Wildman–Crippen MR) is 118 cm³/mol. The standard InChI is InChI=1S/C22H30N6O3/c1-17(2)24-21(30)15-26-10-12-28(13-11-26)22(31)18-4-3-5-19(14-18)25-20(29)6-8-27-9-7-23-16-27/h3-5,7,9,14,16-17H,6,8,10-13,15H2,1-2H3,(H,24,30)(H,25,29). The summed E-state index contributed by atoms with van der Waals surface area (Å²) in [5, 5.41) is 5.74. The van der Waals surface area contributed by atoms with Gasteiger partial charge in [-0.25, -0.2) is 4.98 Å². The Labute approximate surface area is 182 Å². The number of anilines is 1. The van der Waals surface area contributed by atoms with E-state index in [4.69, 9.17) is 0 Å². The normalized spacial score (nSPS) is 14.5. The van der Waals surface area contributed by atoms with E-state index in [1.807, 2.05) is 24.6 Å². The van der Waals surface area contributed by atoms with E-state index < -0.39 is 0 Å². The molecule has 166 valence electrons. The van der Waals surface area contributed by atoms with Crippen LogP contribution in [0.25, 0.3) is 0 Å². The third-order valence-electron chi connectivity index (χ3n) is 5.03. The molecule has 31 heavy (non-hydrogen) atoms. The molecule has 1 aliphatic rings. The van der Waals surface area contributed by atoms with E-state index in [1.165, 1.54) is 0 Å². The van der Waals surface area contributed by atoms with Crippen molar-refractivity contribution in [3.8, 4) is 0 Å². The minimum absolute atomic E-state index is 0.00579.